The Balaban J connectivity index is 0.000000720. The van der Waals surface area contributed by atoms with Crippen LogP contribution < -0.4 is 24.0 Å². The summed E-state index contributed by atoms with van der Waals surface area (Å²) in [6.07, 6.45) is 3.28. The third-order valence-corrected chi connectivity index (χ3v) is 1.64. The van der Waals surface area contributed by atoms with Crippen molar-refractivity contribution < 1.29 is 24.0 Å². The number of hydrogen-bond donors (Lipinski definition) is 0. The third kappa shape index (κ3) is 1.45. The van der Waals surface area contributed by atoms with E-state index >= 15 is 0 Å². The molecule has 0 aliphatic rings. The quantitative estimate of drug-likeness (QED) is 0.421. The van der Waals surface area contributed by atoms with Crippen molar-refractivity contribution in [3.8, 4) is 5.75 Å². The van der Waals surface area contributed by atoms with Gasteiger partial charge >= 0.3 is 18.9 Å². The van der Waals surface area contributed by atoms with Crippen LogP contribution in [0.4, 0.5) is 0 Å². The molecule has 2 aromatic rings. The molecule has 1 heterocycles. The molecule has 0 bridgehead atoms. The second-order valence-electron chi connectivity index (χ2n) is 2.35. The van der Waals surface area contributed by atoms with Gasteiger partial charge in [0, 0.05) is 12.4 Å². The third-order valence-electron chi connectivity index (χ3n) is 1.64. The van der Waals surface area contributed by atoms with Gasteiger partial charge in [0.15, 0.2) is 0 Å². The first-order valence-corrected chi connectivity index (χ1v) is 3.38. The molecule has 1 aromatic carbocycles. The van der Waals surface area contributed by atoms with E-state index in [0.29, 0.717) is 5.39 Å². The van der Waals surface area contributed by atoms with Gasteiger partial charge < -0.3 is 5.11 Å². The molecule has 12 heavy (non-hydrogen) atoms. The molecule has 0 N–H and O–H groups in total. The molecule has 54 valence electrons. The predicted molar refractivity (Wildman–Crippen MR) is 41.2 cm³/mol. The Morgan fingerprint density at radius 1 is 1.17 bits per heavy atom. The zero-order valence-corrected chi connectivity index (χ0v) is 6.82. The molecule has 3 heteroatoms. The SMILES string of the molecule is [Li+].[O-]c1cccc2ccncc12. The Labute approximate surface area is 82.4 Å². The Bertz CT molecular complexity index is 384. The van der Waals surface area contributed by atoms with E-state index in [1.807, 2.05) is 12.1 Å². The summed E-state index contributed by atoms with van der Waals surface area (Å²) in [5.41, 5.74) is 0. The summed E-state index contributed by atoms with van der Waals surface area (Å²) < 4.78 is 0. The summed E-state index contributed by atoms with van der Waals surface area (Å²) in [7, 11) is 0. The maximum atomic E-state index is 11.1. The molecular formula is C9H6LiNO. The molecule has 0 fully saturated rings. The van der Waals surface area contributed by atoms with Crippen molar-refractivity contribution in [3.05, 3.63) is 36.7 Å². The monoisotopic (exact) mass is 151 g/mol. The maximum Gasteiger partial charge on any atom is 1.00 e. The van der Waals surface area contributed by atoms with Crippen molar-refractivity contribution >= 4 is 10.8 Å². The van der Waals surface area contributed by atoms with Crippen molar-refractivity contribution in [3.63, 3.8) is 0 Å². The van der Waals surface area contributed by atoms with Crippen LogP contribution >= 0.6 is 0 Å². The average molecular weight is 151 g/mol. The molecule has 2 nitrogen and oxygen atoms in total. The summed E-state index contributed by atoms with van der Waals surface area (Å²) >= 11 is 0. The van der Waals surface area contributed by atoms with Gasteiger partial charge in [-0.2, -0.15) is 0 Å². The van der Waals surface area contributed by atoms with Gasteiger partial charge in [0.05, 0.1) is 0 Å². The number of hydrogen-bond acceptors (Lipinski definition) is 2. The topological polar surface area (TPSA) is 36.0 Å². The minimum absolute atomic E-state index is 0. The smallest absolute Gasteiger partial charge is 0.872 e. The Morgan fingerprint density at radius 3 is 2.75 bits per heavy atom. The Kier molecular flexibility index (Phi) is 2.75. The van der Waals surface area contributed by atoms with Crippen molar-refractivity contribution in [2.75, 3.05) is 0 Å². The maximum absolute atomic E-state index is 11.1. The molecule has 0 radical (unpaired) electrons. The number of pyridine rings is 1. The molecule has 0 aliphatic carbocycles. The fourth-order valence-corrected chi connectivity index (χ4v) is 1.09. The minimum Gasteiger partial charge on any atom is -0.872 e. The number of fused-ring (bicyclic) bond motifs is 1. The Hall–Kier alpha value is -0.973. The summed E-state index contributed by atoms with van der Waals surface area (Å²) in [5, 5.41) is 12.8. The molecule has 0 saturated heterocycles. The second-order valence-corrected chi connectivity index (χ2v) is 2.35. The van der Waals surface area contributed by atoms with E-state index in [1.165, 1.54) is 0 Å². The largest absolute Gasteiger partial charge is 1.00 e. The summed E-state index contributed by atoms with van der Waals surface area (Å²) in [4.78, 5) is 3.87. The number of rotatable bonds is 0. The normalized spacial score (nSPS) is 9.33. The van der Waals surface area contributed by atoms with Crippen LogP contribution in [0.2, 0.25) is 0 Å². The first-order chi connectivity index (χ1) is 5.38. The summed E-state index contributed by atoms with van der Waals surface area (Å²) in [6, 6.07) is 7.03. The molecule has 0 atom stereocenters. The van der Waals surface area contributed by atoms with Gasteiger partial charge in [0.2, 0.25) is 0 Å². The van der Waals surface area contributed by atoms with Gasteiger partial charge in [-0.1, -0.05) is 23.9 Å². The molecule has 1 aromatic heterocycles. The van der Waals surface area contributed by atoms with Crippen molar-refractivity contribution in [2.24, 2.45) is 0 Å². The standard InChI is InChI=1S/C9H7NO.Li/c11-9-3-1-2-7-4-5-10-6-8(7)9;/h1-6,11H;/q;+1/p-1. The first-order valence-electron chi connectivity index (χ1n) is 3.38. The van der Waals surface area contributed by atoms with E-state index in [4.69, 9.17) is 0 Å². The second kappa shape index (κ2) is 3.62. The van der Waals surface area contributed by atoms with Crippen molar-refractivity contribution in [1.29, 1.82) is 0 Å². The van der Waals surface area contributed by atoms with Crippen LogP contribution in [0.15, 0.2) is 36.7 Å². The first kappa shape index (κ1) is 9.12. The zero-order valence-electron chi connectivity index (χ0n) is 6.82. The van der Waals surface area contributed by atoms with Crippen molar-refractivity contribution in [1.82, 2.24) is 4.98 Å². The van der Waals surface area contributed by atoms with Gasteiger partial charge in [0.25, 0.3) is 0 Å². The van der Waals surface area contributed by atoms with E-state index < -0.39 is 0 Å². The molecular weight excluding hydrogens is 145 g/mol. The fourth-order valence-electron chi connectivity index (χ4n) is 1.09. The molecule has 0 unspecified atom stereocenters. The molecule has 0 saturated carbocycles. The molecule has 0 amide bonds. The van der Waals surface area contributed by atoms with E-state index in [0.717, 1.165) is 5.39 Å². The van der Waals surface area contributed by atoms with Crippen LogP contribution in [0.5, 0.6) is 5.75 Å². The van der Waals surface area contributed by atoms with Crippen molar-refractivity contribution in [2.45, 2.75) is 0 Å². The van der Waals surface area contributed by atoms with Gasteiger partial charge in [-0.15, -0.1) is 0 Å². The predicted octanol–water partition coefficient (Wildman–Crippen LogP) is -1.69. The van der Waals surface area contributed by atoms with E-state index in [9.17, 15) is 5.11 Å². The minimum atomic E-state index is 0. The van der Waals surface area contributed by atoms with Crippen LogP contribution in [0.3, 0.4) is 0 Å². The van der Waals surface area contributed by atoms with Gasteiger partial charge in [-0.25, -0.2) is 0 Å². The van der Waals surface area contributed by atoms with Gasteiger partial charge in [-0.05, 0) is 16.8 Å². The average Bonchev–Trinajstić information content (AvgIpc) is 2.06. The fraction of sp³-hybridized carbons (Fsp3) is 0. The molecule has 2 rings (SSSR count). The van der Waals surface area contributed by atoms with E-state index in [2.05, 4.69) is 4.98 Å². The van der Waals surface area contributed by atoms with Crippen LogP contribution in [0.1, 0.15) is 0 Å². The number of aromatic nitrogens is 1. The zero-order chi connectivity index (χ0) is 7.68. The van der Waals surface area contributed by atoms with Crippen LogP contribution in [-0.2, 0) is 0 Å². The summed E-state index contributed by atoms with van der Waals surface area (Å²) in [6.45, 7) is 0. The molecule has 0 aliphatic heterocycles. The van der Waals surface area contributed by atoms with E-state index in [-0.39, 0.29) is 24.6 Å². The van der Waals surface area contributed by atoms with Crippen LogP contribution in [-0.4, -0.2) is 4.98 Å². The summed E-state index contributed by atoms with van der Waals surface area (Å²) in [5.74, 6) is 0.0376. The van der Waals surface area contributed by atoms with Gasteiger partial charge in [-0.3, -0.25) is 4.98 Å². The van der Waals surface area contributed by atoms with Gasteiger partial charge in [0.1, 0.15) is 0 Å². The molecule has 0 spiro atoms. The Morgan fingerprint density at radius 2 is 2.00 bits per heavy atom. The van der Waals surface area contributed by atoms with Crippen LogP contribution in [0.25, 0.3) is 10.8 Å². The number of benzene rings is 1. The van der Waals surface area contributed by atoms with E-state index in [1.54, 1.807) is 24.5 Å². The number of nitrogens with zero attached hydrogens (tertiary/aromatic N) is 1. The van der Waals surface area contributed by atoms with Crippen LogP contribution in [0, 0.1) is 0 Å².